The van der Waals surface area contributed by atoms with Crippen molar-refractivity contribution >= 4 is 71.3 Å². The quantitative estimate of drug-likeness (QED) is 0.0173. The molecule has 83 heavy (non-hydrogen) atoms. The van der Waals surface area contributed by atoms with Crippen molar-refractivity contribution < 1.29 is 55.3 Å². The monoisotopic (exact) mass is 1190 g/mol. The Hall–Kier alpha value is -6.69. The topological polar surface area (TPSA) is 317 Å². The van der Waals surface area contributed by atoms with Crippen molar-refractivity contribution in [2.24, 2.45) is 5.92 Å². The fourth-order valence-electron chi connectivity index (χ4n) is 8.44. The molecule has 0 aliphatic rings. The number of unbranched alkanes of at least 4 members (excludes halogenated alkanes) is 1. The first-order valence-corrected chi connectivity index (χ1v) is 30.7. The van der Waals surface area contributed by atoms with Crippen LogP contribution in [0.4, 0.5) is 0 Å². The van der Waals surface area contributed by atoms with Gasteiger partial charge in [0.1, 0.15) is 18.1 Å². The number of rotatable bonds is 28. The van der Waals surface area contributed by atoms with Gasteiger partial charge in [-0.15, -0.1) is 5.10 Å². The van der Waals surface area contributed by atoms with Crippen LogP contribution < -0.4 is 16.4 Å². The van der Waals surface area contributed by atoms with Crippen LogP contribution in [0.3, 0.4) is 0 Å². The zero-order valence-corrected chi connectivity index (χ0v) is 49.4. The highest BCUT2D eigenvalue weighted by molar-refractivity contribution is 7.89. The first kappa shape index (κ1) is 68.8. The van der Waals surface area contributed by atoms with Crippen molar-refractivity contribution in [2.75, 3.05) is 13.1 Å². The molecule has 29 heteroatoms. The zero-order valence-electron chi connectivity index (χ0n) is 47.0. The number of hydrogen-bond acceptors (Lipinski definition) is 16. The summed E-state index contributed by atoms with van der Waals surface area (Å²) in [5, 5.41) is 35.4. The van der Waals surface area contributed by atoms with Crippen LogP contribution in [0.15, 0.2) is 143 Å². The molecule has 440 valence electrons. The third kappa shape index (κ3) is 19.7. The average Bonchev–Trinajstić information content (AvgIpc) is 4.00. The van der Waals surface area contributed by atoms with Gasteiger partial charge in [-0.2, -0.15) is 12.9 Å². The summed E-state index contributed by atoms with van der Waals surface area (Å²) in [7, 11) is 4.63. The van der Waals surface area contributed by atoms with Crippen LogP contribution in [-0.4, -0.2) is 151 Å². The summed E-state index contributed by atoms with van der Waals surface area (Å²) >= 11 is 0. The van der Waals surface area contributed by atoms with E-state index in [4.69, 9.17) is 34.0 Å². The highest BCUT2D eigenvalue weighted by Gasteiger charge is 2.39. The Morgan fingerprint density at radius 1 is 0.566 bits per heavy atom. The van der Waals surface area contributed by atoms with Crippen molar-refractivity contribution in [3.63, 3.8) is 0 Å². The van der Waals surface area contributed by atoms with E-state index in [9.17, 15) is 44.8 Å². The van der Waals surface area contributed by atoms with Gasteiger partial charge in [0.2, 0.25) is 30.1 Å². The number of amides is 3. The fourth-order valence-corrected chi connectivity index (χ4v) is 13.4. The molecule has 6 radical (unpaired) electrons. The number of benzene rings is 3. The number of aromatic nitrogens is 5. The molecular weight excluding hydrogens is 1120 g/mol. The molecule has 0 bridgehead atoms. The molecule has 6 rings (SSSR count). The van der Waals surface area contributed by atoms with Crippen molar-refractivity contribution in [1.82, 2.24) is 54.3 Å². The maximum absolute atomic E-state index is 13.7. The summed E-state index contributed by atoms with van der Waals surface area (Å²) in [5.74, 6) is -2.80. The smallest absolute Gasteiger partial charge is 0.262 e. The molecule has 0 unspecified atom stereocenters. The zero-order chi connectivity index (χ0) is 61.3. The molecule has 0 spiro atoms. The van der Waals surface area contributed by atoms with Gasteiger partial charge in [-0.05, 0) is 106 Å². The molecule has 6 N–H and O–H groups in total. The Morgan fingerprint density at radius 2 is 1.04 bits per heavy atom. The molecule has 0 saturated heterocycles. The van der Waals surface area contributed by atoms with Gasteiger partial charge < -0.3 is 0 Å². The summed E-state index contributed by atoms with van der Waals surface area (Å²) in [6.07, 6.45) is 10.5. The number of carbonyl (C=O) groups is 3. The minimum atomic E-state index is -4.14. The number of aryl methyl sites for hydroxylation is 4. The lowest BCUT2D eigenvalue weighted by molar-refractivity contribution is -0.134. The lowest BCUT2D eigenvalue weighted by atomic mass is 9.97. The molecule has 3 heterocycles. The molecule has 3 atom stereocenters. The number of sulfonamides is 3. The Kier molecular flexibility index (Phi) is 27.8. The van der Waals surface area contributed by atoms with Crippen LogP contribution in [0.5, 0.6) is 0 Å². The SMILES string of the molecule is [B]CCCCn1nncc1C[C@H](C(=O)NO)N(Cc1cccnc1)S(=O)(=O)c1ccc(C)cc1.[B]CCN([C@@H](C(=O)NO)C(C)C)S(=O)(=O)c1ccc(C)cc1.[B]CC[C@H](C(=O)NO)N(CCc1cccnc1)S(=O)(=O)c1ccc(C)cc1. The molecule has 0 aliphatic carbocycles. The first-order chi connectivity index (χ1) is 39.5. The number of carbonyl (C=O) groups excluding carboxylic acids is 3. The van der Waals surface area contributed by atoms with Crippen LogP contribution in [-0.2, 0) is 70.4 Å². The Bertz CT molecular complexity index is 3300. The normalized spacial score (nSPS) is 12.8. The lowest BCUT2D eigenvalue weighted by Crippen LogP contribution is -2.51. The number of pyridine rings is 2. The number of nitrogens with zero attached hydrogens (tertiary/aromatic N) is 8. The summed E-state index contributed by atoms with van der Waals surface area (Å²) in [6.45, 7) is 9.38. The molecule has 3 amide bonds. The third-order valence-corrected chi connectivity index (χ3v) is 18.5. The molecular formula is C54H70B3N11O12S3. The van der Waals surface area contributed by atoms with Gasteiger partial charge in [0.05, 0.1) is 50.1 Å². The fraction of sp³-hybridized carbons (Fsp3) is 0.389. The predicted octanol–water partition coefficient (Wildman–Crippen LogP) is 4.23. The average molecular weight is 1190 g/mol. The van der Waals surface area contributed by atoms with Crippen LogP contribution >= 0.6 is 0 Å². The van der Waals surface area contributed by atoms with Crippen LogP contribution in [0.2, 0.25) is 19.0 Å². The van der Waals surface area contributed by atoms with Crippen LogP contribution in [0, 0.1) is 26.7 Å². The first-order valence-electron chi connectivity index (χ1n) is 26.3. The molecule has 3 aromatic carbocycles. The van der Waals surface area contributed by atoms with Crippen LogP contribution in [0.1, 0.15) is 66.6 Å². The third-order valence-electron chi connectivity index (χ3n) is 12.8. The second kappa shape index (κ2) is 33.6. The minimum Gasteiger partial charge on any atom is -0.289 e. The summed E-state index contributed by atoms with van der Waals surface area (Å²) in [4.78, 5) is 45.1. The summed E-state index contributed by atoms with van der Waals surface area (Å²) < 4.78 is 84.3. The van der Waals surface area contributed by atoms with Crippen molar-refractivity contribution in [3.05, 3.63) is 162 Å². The van der Waals surface area contributed by atoms with Crippen molar-refractivity contribution in [3.8, 4) is 0 Å². The van der Waals surface area contributed by atoms with Crippen LogP contribution in [0.25, 0.3) is 0 Å². The maximum Gasteiger partial charge on any atom is 0.262 e. The van der Waals surface area contributed by atoms with Crippen molar-refractivity contribution in [2.45, 2.75) is 132 Å². The summed E-state index contributed by atoms with van der Waals surface area (Å²) in [5.41, 5.74) is 9.42. The second-order valence-electron chi connectivity index (χ2n) is 19.4. The number of hydrogen-bond donors (Lipinski definition) is 6. The molecule has 0 saturated carbocycles. The molecule has 3 aromatic heterocycles. The van der Waals surface area contributed by atoms with Gasteiger partial charge in [0.25, 0.3) is 17.7 Å². The van der Waals surface area contributed by atoms with E-state index in [0.717, 1.165) is 48.0 Å². The Morgan fingerprint density at radius 3 is 1.47 bits per heavy atom. The van der Waals surface area contributed by atoms with E-state index in [-0.39, 0.29) is 65.7 Å². The van der Waals surface area contributed by atoms with Gasteiger partial charge in [-0.3, -0.25) is 40.0 Å². The van der Waals surface area contributed by atoms with Gasteiger partial charge >= 0.3 is 0 Å². The van der Waals surface area contributed by atoms with Crippen molar-refractivity contribution in [1.29, 1.82) is 0 Å². The van der Waals surface area contributed by atoms with Gasteiger partial charge in [-0.25, -0.2) is 46.4 Å². The number of nitrogens with one attached hydrogen (secondary N) is 3. The van der Waals surface area contributed by atoms with E-state index in [1.807, 2.05) is 26.8 Å². The van der Waals surface area contributed by atoms with Gasteiger partial charge in [-0.1, -0.05) is 110 Å². The van der Waals surface area contributed by atoms with E-state index in [1.54, 1.807) is 103 Å². The Balaban J connectivity index is 0.000000274. The second-order valence-corrected chi connectivity index (χ2v) is 25.0. The van der Waals surface area contributed by atoms with E-state index in [1.165, 1.54) is 54.3 Å². The maximum atomic E-state index is 13.7. The minimum absolute atomic E-state index is 0.0214. The molecule has 6 aromatic rings. The standard InChI is InChI=1S/C22H27BN6O4S.C18H22BN3O4S.C14H21BN2O4S/c1-17-6-8-20(9-7-17)34(32,33)29(16-18-5-4-11-24-14-18)21(22(30)26-31)13-19-15-25-27-28(19)12-3-2-10-23;1-14-4-6-16(7-5-14)27(25,26)22(17(8-10-19)18(23)21-24)12-9-15-3-2-11-20-13-15;1-10(2)13(14(18)16-19)17(9-8-15)22(20,21)12-6-4-11(3)5-7-12/h4-9,11,14-15,21,31H,2-3,10,12-13,16H2,1H3,(H,26,30);2-7,11,13,17,24H,8-10,12H2,1H3,(H,21,23);4-7,10,13,19H,8-9H2,1-3H3,(H,16,18)/t21-;17-;13-/m111/s1. The largest absolute Gasteiger partial charge is 0.289 e. The Labute approximate surface area is 490 Å². The molecule has 0 fully saturated rings. The van der Waals surface area contributed by atoms with E-state index < -0.39 is 65.9 Å². The highest BCUT2D eigenvalue weighted by atomic mass is 32.2. The van der Waals surface area contributed by atoms with E-state index in [2.05, 4.69) is 20.3 Å². The highest BCUT2D eigenvalue weighted by Crippen LogP contribution is 2.27. The number of hydroxylamine groups is 3. The van der Waals surface area contributed by atoms with Gasteiger partial charge in [0.15, 0.2) is 0 Å². The predicted molar refractivity (Wildman–Crippen MR) is 311 cm³/mol. The van der Waals surface area contributed by atoms with Gasteiger partial charge in [0, 0.05) is 57.4 Å². The summed E-state index contributed by atoms with van der Waals surface area (Å²) in [6, 6.07) is 22.6. The van der Waals surface area contributed by atoms with E-state index >= 15 is 0 Å². The van der Waals surface area contributed by atoms with E-state index in [0.29, 0.717) is 30.5 Å². The lowest BCUT2D eigenvalue weighted by Gasteiger charge is -2.31. The molecule has 0 aliphatic heterocycles. The molecule has 23 nitrogen and oxygen atoms in total.